The third-order valence-corrected chi connectivity index (χ3v) is 4.75. The molecule has 0 aliphatic heterocycles. The fourth-order valence-corrected chi connectivity index (χ4v) is 3.15. The summed E-state index contributed by atoms with van der Waals surface area (Å²) in [6.45, 7) is 4.13. The summed E-state index contributed by atoms with van der Waals surface area (Å²) in [6.07, 6.45) is 7.81. The molecule has 116 valence electrons. The first-order valence-electron chi connectivity index (χ1n) is 7.56. The molecule has 0 aliphatic rings. The standard InChI is InChI=1S/C14H30O4S/c1-3-5-7-8-9-10-13(15)12-14(11-6-4-2)19(16,17)18/h13-15H,3-12H2,1-2H3,(H,16,17,18). The average Bonchev–Trinajstić information content (AvgIpc) is 2.32. The van der Waals surface area contributed by atoms with E-state index >= 15 is 0 Å². The van der Waals surface area contributed by atoms with Crippen molar-refractivity contribution in [1.82, 2.24) is 0 Å². The molecular formula is C14H30O4S. The summed E-state index contributed by atoms with van der Waals surface area (Å²) >= 11 is 0. The number of rotatable bonds is 12. The summed E-state index contributed by atoms with van der Waals surface area (Å²) in [5.41, 5.74) is 0. The first-order valence-corrected chi connectivity index (χ1v) is 9.06. The first-order chi connectivity index (χ1) is 8.91. The van der Waals surface area contributed by atoms with Crippen LogP contribution in [0.5, 0.6) is 0 Å². The molecule has 2 unspecified atom stereocenters. The lowest BCUT2D eigenvalue weighted by Gasteiger charge is -2.17. The van der Waals surface area contributed by atoms with Gasteiger partial charge in [-0.15, -0.1) is 0 Å². The van der Waals surface area contributed by atoms with Crippen molar-refractivity contribution in [1.29, 1.82) is 0 Å². The van der Waals surface area contributed by atoms with Gasteiger partial charge in [0, 0.05) is 0 Å². The van der Waals surface area contributed by atoms with E-state index in [2.05, 4.69) is 6.92 Å². The lowest BCUT2D eigenvalue weighted by atomic mass is 10.0. The molecule has 2 atom stereocenters. The maximum atomic E-state index is 11.2. The van der Waals surface area contributed by atoms with E-state index in [9.17, 15) is 13.5 Å². The fraction of sp³-hybridized carbons (Fsp3) is 1.00. The van der Waals surface area contributed by atoms with Crippen LogP contribution in [0.4, 0.5) is 0 Å². The first kappa shape index (κ1) is 18.9. The minimum absolute atomic E-state index is 0.159. The Morgan fingerprint density at radius 3 is 2.00 bits per heavy atom. The van der Waals surface area contributed by atoms with E-state index in [1.54, 1.807) is 0 Å². The summed E-state index contributed by atoms with van der Waals surface area (Å²) in [5, 5.41) is 9.06. The van der Waals surface area contributed by atoms with E-state index in [-0.39, 0.29) is 6.42 Å². The minimum Gasteiger partial charge on any atom is -0.393 e. The lowest BCUT2D eigenvalue weighted by molar-refractivity contribution is 0.147. The molecule has 0 saturated heterocycles. The average molecular weight is 294 g/mol. The molecule has 0 spiro atoms. The molecule has 0 heterocycles. The highest BCUT2D eigenvalue weighted by atomic mass is 32.2. The summed E-state index contributed by atoms with van der Waals surface area (Å²) in [4.78, 5) is 0. The Labute approximate surface area is 118 Å². The van der Waals surface area contributed by atoms with Crippen molar-refractivity contribution in [3.8, 4) is 0 Å². The van der Waals surface area contributed by atoms with Crippen molar-refractivity contribution >= 4 is 10.1 Å². The zero-order valence-electron chi connectivity index (χ0n) is 12.3. The minimum atomic E-state index is -4.03. The molecule has 4 nitrogen and oxygen atoms in total. The third kappa shape index (κ3) is 10.3. The monoisotopic (exact) mass is 294 g/mol. The van der Waals surface area contributed by atoms with Gasteiger partial charge in [0.05, 0.1) is 11.4 Å². The van der Waals surface area contributed by atoms with Crippen LogP contribution in [0.25, 0.3) is 0 Å². The van der Waals surface area contributed by atoms with Gasteiger partial charge < -0.3 is 5.11 Å². The van der Waals surface area contributed by atoms with E-state index < -0.39 is 21.5 Å². The Kier molecular flexibility index (Phi) is 10.6. The topological polar surface area (TPSA) is 74.6 Å². The van der Waals surface area contributed by atoms with Crippen molar-refractivity contribution in [2.24, 2.45) is 0 Å². The van der Waals surface area contributed by atoms with Crippen LogP contribution in [0.15, 0.2) is 0 Å². The zero-order valence-corrected chi connectivity index (χ0v) is 13.2. The molecule has 0 amide bonds. The lowest BCUT2D eigenvalue weighted by Crippen LogP contribution is -2.26. The van der Waals surface area contributed by atoms with E-state index in [1.807, 2.05) is 6.92 Å². The predicted molar refractivity (Wildman–Crippen MR) is 78.9 cm³/mol. The van der Waals surface area contributed by atoms with E-state index in [0.29, 0.717) is 12.8 Å². The molecule has 19 heavy (non-hydrogen) atoms. The van der Waals surface area contributed by atoms with Crippen molar-refractivity contribution in [2.45, 2.75) is 89.4 Å². The van der Waals surface area contributed by atoms with Crippen LogP contribution in [0.3, 0.4) is 0 Å². The van der Waals surface area contributed by atoms with Crippen LogP contribution in [-0.2, 0) is 10.1 Å². The van der Waals surface area contributed by atoms with Gasteiger partial charge in [0.1, 0.15) is 0 Å². The van der Waals surface area contributed by atoms with Gasteiger partial charge in [-0.25, -0.2) is 0 Å². The predicted octanol–water partition coefficient (Wildman–Crippen LogP) is 3.54. The molecule has 0 aliphatic carbocycles. The third-order valence-electron chi connectivity index (χ3n) is 3.48. The van der Waals surface area contributed by atoms with Crippen LogP contribution in [0.2, 0.25) is 0 Å². The molecule has 0 aromatic carbocycles. The smallest absolute Gasteiger partial charge is 0.267 e. The summed E-state index contributed by atoms with van der Waals surface area (Å²) in [6, 6.07) is 0. The molecule has 0 rings (SSSR count). The second kappa shape index (κ2) is 10.6. The van der Waals surface area contributed by atoms with Crippen molar-refractivity contribution < 1.29 is 18.1 Å². The quantitative estimate of drug-likeness (QED) is 0.426. The van der Waals surface area contributed by atoms with Crippen LogP contribution < -0.4 is 0 Å². The molecule has 0 bridgehead atoms. The highest BCUT2D eigenvalue weighted by Gasteiger charge is 2.25. The van der Waals surface area contributed by atoms with Gasteiger partial charge in [-0.2, -0.15) is 8.42 Å². The summed E-state index contributed by atoms with van der Waals surface area (Å²) < 4.78 is 31.6. The normalized spacial score (nSPS) is 15.4. The van der Waals surface area contributed by atoms with Crippen LogP contribution in [-0.4, -0.2) is 29.4 Å². The van der Waals surface area contributed by atoms with Gasteiger partial charge in [-0.05, 0) is 19.3 Å². The molecule has 0 saturated carbocycles. The number of hydrogen-bond acceptors (Lipinski definition) is 3. The second-order valence-electron chi connectivity index (χ2n) is 5.37. The largest absolute Gasteiger partial charge is 0.393 e. The van der Waals surface area contributed by atoms with Crippen LogP contribution in [0.1, 0.15) is 78.1 Å². The van der Waals surface area contributed by atoms with Gasteiger partial charge in [-0.1, -0.05) is 58.8 Å². The molecule has 0 radical (unpaired) electrons. The Morgan fingerprint density at radius 1 is 0.895 bits per heavy atom. The Morgan fingerprint density at radius 2 is 1.47 bits per heavy atom. The number of aliphatic hydroxyl groups is 1. The van der Waals surface area contributed by atoms with Gasteiger partial charge in [-0.3, -0.25) is 4.55 Å². The number of aliphatic hydroxyl groups excluding tert-OH is 1. The highest BCUT2D eigenvalue weighted by Crippen LogP contribution is 2.18. The van der Waals surface area contributed by atoms with Gasteiger partial charge in [0.2, 0.25) is 0 Å². The Bertz CT molecular complexity index is 301. The molecule has 2 N–H and O–H groups in total. The Balaban J connectivity index is 3.99. The summed E-state index contributed by atoms with van der Waals surface area (Å²) in [5.74, 6) is 0. The highest BCUT2D eigenvalue weighted by molar-refractivity contribution is 7.86. The zero-order chi connectivity index (χ0) is 14.7. The molecule has 0 aromatic rings. The SMILES string of the molecule is CCCCCCCC(O)CC(CCCC)S(=O)(=O)O. The molecule has 0 fully saturated rings. The van der Waals surface area contributed by atoms with Gasteiger partial charge >= 0.3 is 0 Å². The van der Waals surface area contributed by atoms with Gasteiger partial charge in [0.25, 0.3) is 10.1 Å². The van der Waals surface area contributed by atoms with Crippen molar-refractivity contribution in [2.75, 3.05) is 0 Å². The van der Waals surface area contributed by atoms with Gasteiger partial charge in [0.15, 0.2) is 0 Å². The van der Waals surface area contributed by atoms with Crippen molar-refractivity contribution in [3.63, 3.8) is 0 Å². The van der Waals surface area contributed by atoms with E-state index in [1.165, 1.54) is 19.3 Å². The molecule has 0 aromatic heterocycles. The number of unbranched alkanes of at least 4 members (excludes halogenated alkanes) is 5. The van der Waals surface area contributed by atoms with E-state index in [4.69, 9.17) is 4.55 Å². The maximum absolute atomic E-state index is 11.2. The van der Waals surface area contributed by atoms with Crippen LogP contribution >= 0.6 is 0 Å². The molecule has 5 heteroatoms. The van der Waals surface area contributed by atoms with Crippen molar-refractivity contribution in [3.05, 3.63) is 0 Å². The van der Waals surface area contributed by atoms with Crippen LogP contribution in [0, 0.1) is 0 Å². The summed E-state index contributed by atoms with van der Waals surface area (Å²) in [7, 11) is -4.03. The maximum Gasteiger partial charge on any atom is 0.267 e. The second-order valence-corrected chi connectivity index (χ2v) is 7.07. The van der Waals surface area contributed by atoms with E-state index in [0.717, 1.165) is 25.7 Å². The Hall–Kier alpha value is -0.130. The number of hydrogen-bond donors (Lipinski definition) is 2. The fourth-order valence-electron chi connectivity index (χ4n) is 2.23. The molecular weight excluding hydrogens is 264 g/mol.